The van der Waals surface area contributed by atoms with Crippen LogP contribution in [0.3, 0.4) is 0 Å². The molecule has 0 aliphatic carbocycles. The molecule has 0 radical (unpaired) electrons. The number of cyclic esters (lactones) is 1. The summed E-state index contributed by atoms with van der Waals surface area (Å²) in [6, 6.07) is 19.5. The second kappa shape index (κ2) is 25.5. The number of benzene rings is 2. The van der Waals surface area contributed by atoms with E-state index in [0.29, 0.717) is 57.3 Å². The van der Waals surface area contributed by atoms with Gasteiger partial charge in [0.2, 0.25) is 0 Å². The van der Waals surface area contributed by atoms with E-state index in [4.69, 9.17) is 14.2 Å². The number of esters is 1. The fraction of sp³-hybridized carbons (Fsp3) is 0.596. The Morgan fingerprint density at radius 1 is 0.889 bits per heavy atom. The maximum atomic E-state index is 14.3. The van der Waals surface area contributed by atoms with Crippen LogP contribution in [0.15, 0.2) is 96.9 Å². The molecule has 2 fully saturated rings. The molecule has 7 rings (SSSR count). The van der Waals surface area contributed by atoms with Gasteiger partial charge in [0.1, 0.15) is 12.2 Å². The van der Waals surface area contributed by atoms with Gasteiger partial charge in [0.05, 0.1) is 66.2 Å². The average Bonchev–Trinajstić information content (AvgIpc) is 3.82. The molecule has 14 atom stereocenters. The quantitative estimate of drug-likeness (QED) is 0.110. The Bertz CT molecular complexity index is 2420. The lowest BCUT2D eigenvalue weighted by Gasteiger charge is -2.46. The molecule has 15 heteroatoms. The molecule has 5 heterocycles. The van der Waals surface area contributed by atoms with Gasteiger partial charge in [0.25, 0.3) is 0 Å². The topological polar surface area (TPSA) is 176 Å². The molecule has 2 saturated heterocycles. The number of carbonyl (C=O) groups excluding carboxylic acids is 2. The summed E-state index contributed by atoms with van der Waals surface area (Å²) >= 11 is 0. The van der Waals surface area contributed by atoms with Crippen molar-refractivity contribution in [2.75, 3.05) is 40.3 Å². The molecule has 3 aliphatic heterocycles. The lowest BCUT2D eigenvalue weighted by Crippen LogP contribution is -2.63. The predicted molar refractivity (Wildman–Crippen MR) is 279 cm³/mol. The highest BCUT2D eigenvalue weighted by Crippen LogP contribution is 2.36. The molecule has 392 valence electrons. The summed E-state index contributed by atoms with van der Waals surface area (Å²) in [5.41, 5.74) is 4.44. The van der Waals surface area contributed by atoms with Crippen LogP contribution >= 0.6 is 0 Å². The number of aliphatic hydroxyl groups excluding tert-OH is 3. The molecule has 0 amide bonds. The number of para-hydroxylation sites is 1. The lowest BCUT2D eigenvalue weighted by molar-refractivity contribution is -0.304. The van der Waals surface area contributed by atoms with E-state index in [-0.39, 0.29) is 18.1 Å². The van der Waals surface area contributed by atoms with Gasteiger partial charge in [0, 0.05) is 55.9 Å². The first-order chi connectivity index (χ1) is 34.5. The second-order valence-corrected chi connectivity index (χ2v) is 21.7. The summed E-state index contributed by atoms with van der Waals surface area (Å²) in [4.78, 5) is 39.6. The summed E-state index contributed by atoms with van der Waals surface area (Å²) in [6.07, 6.45) is 5.08. The minimum atomic E-state index is -1.26. The summed E-state index contributed by atoms with van der Waals surface area (Å²) in [7, 11) is 3.58. The largest absolute Gasteiger partial charge is 0.462 e. The molecule has 0 saturated carbocycles. The molecule has 2 aromatic heterocycles. The number of piperidine rings is 1. The molecule has 3 N–H and O–H groups in total. The minimum absolute atomic E-state index is 0.0419. The normalized spacial score (nSPS) is 32.9. The molecular formula is C57H81N7O8. The summed E-state index contributed by atoms with van der Waals surface area (Å²) < 4.78 is 21.3. The van der Waals surface area contributed by atoms with Crippen molar-refractivity contribution in [2.45, 2.75) is 143 Å². The van der Waals surface area contributed by atoms with E-state index in [1.165, 1.54) is 6.42 Å². The Labute approximate surface area is 427 Å². The highest BCUT2D eigenvalue weighted by Gasteiger charge is 2.47. The zero-order valence-electron chi connectivity index (χ0n) is 44.0. The van der Waals surface area contributed by atoms with Gasteiger partial charge in [-0.15, -0.1) is 5.10 Å². The average molecular weight is 992 g/mol. The number of nitrogens with zero attached hydrogens (tertiary/aromatic N) is 7. The van der Waals surface area contributed by atoms with E-state index >= 15 is 0 Å². The third-order valence-corrected chi connectivity index (χ3v) is 15.2. The van der Waals surface area contributed by atoms with Crippen molar-refractivity contribution in [3.05, 3.63) is 108 Å². The number of hydrogen-bond acceptors (Lipinski definition) is 14. The fourth-order valence-corrected chi connectivity index (χ4v) is 11.4. The molecular weight excluding hydrogens is 911 g/mol. The summed E-state index contributed by atoms with van der Waals surface area (Å²) in [6.45, 7) is 18.3. The van der Waals surface area contributed by atoms with Crippen molar-refractivity contribution in [1.82, 2.24) is 34.7 Å². The molecule has 2 unspecified atom stereocenters. The van der Waals surface area contributed by atoms with Crippen LogP contribution in [0.4, 0.5) is 0 Å². The van der Waals surface area contributed by atoms with Gasteiger partial charge < -0.3 is 39.3 Å². The van der Waals surface area contributed by atoms with Crippen LogP contribution in [0, 0.1) is 35.5 Å². The zero-order chi connectivity index (χ0) is 51.6. The molecule has 3 aliphatic rings. The van der Waals surface area contributed by atoms with Crippen molar-refractivity contribution < 1.29 is 39.1 Å². The maximum absolute atomic E-state index is 14.3. The van der Waals surface area contributed by atoms with Crippen LogP contribution in [0.2, 0.25) is 0 Å². The summed E-state index contributed by atoms with van der Waals surface area (Å²) in [5.74, 6) is -1.14. The van der Waals surface area contributed by atoms with Gasteiger partial charge in [-0.1, -0.05) is 106 Å². The van der Waals surface area contributed by atoms with E-state index in [1.807, 2.05) is 88.5 Å². The molecule has 72 heavy (non-hydrogen) atoms. The third kappa shape index (κ3) is 14.5. The number of likely N-dealkylation sites (tertiary alicyclic amines) is 1. The Kier molecular flexibility index (Phi) is 19.5. The van der Waals surface area contributed by atoms with Gasteiger partial charge >= 0.3 is 5.97 Å². The Morgan fingerprint density at radius 2 is 1.61 bits per heavy atom. The smallest absolute Gasteiger partial charge is 0.308 e. The number of pyridine rings is 1. The number of aromatic nitrogens is 4. The molecule has 0 spiro atoms. The van der Waals surface area contributed by atoms with Crippen molar-refractivity contribution in [3.8, 4) is 5.69 Å². The third-order valence-electron chi connectivity index (χ3n) is 15.2. The van der Waals surface area contributed by atoms with E-state index in [0.717, 1.165) is 46.5 Å². The van der Waals surface area contributed by atoms with Gasteiger partial charge in [-0.2, -0.15) is 0 Å². The first-order valence-corrected chi connectivity index (χ1v) is 26.3. The number of rotatable bonds is 14. The molecule has 0 bridgehead atoms. The van der Waals surface area contributed by atoms with E-state index in [1.54, 1.807) is 42.9 Å². The number of ether oxygens (including phenoxy) is 3. The fourth-order valence-electron chi connectivity index (χ4n) is 11.4. The van der Waals surface area contributed by atoms with Crippen LogP contribution < -0.4 is 0 Å². The minimum Gasteiger partial charge on any atom is -0.462 e. The SMILES string of the molecule is CC[C@H]1OC(=O)C[C@@H](O)[C@H](C)[C@@H](O[C@@H]2O[C@H](C)[C@@H](O)[C@H](N(C)C)[C@H]2O)[C@@H](CCN(Cc2ccccc2)Cc2cn(-c3cnc4ccccc4c3)nn2)C[C@@H](C)C(=O)/C=C/C(C)=C/[C@@H]1CN1CC(C)CC(C)C1. The number of aliphatic hydroxyl groups is 3. The van der Waals surface area contributed by atoms with E-state index < -0.39 is 72.7 Å². The first kappa shape index (κ1) is 55.0. The van der Waals surface area contributed by atoms with Crippen LogP contribution in [-0.4, -0.2) is 151 Å². The standard InChI is InChI=1S/C57H81N7O8/c1-10-51-45(33-63-30-37(3)24-38(4)31-63)25-36(2)20-21-49(65)39(5)26-44(56(40(6)50(66)28-52(67)71-51)72-57-55(69)53(61(8)9)54(68)41(7)70-57)22-23-62(32-42-16-12-11-13-17-42)34-46-35-64(60-59-46)47-27-43-18-14-15-19-48(43)58-29-47/h11-21,25,27,29,35,37-41,44-45,50-51,53-57,66,68-69H,10,22-24,26,28,30-34H2,1-9H3/b21-20+,36-25+/t37?,38?,39-,40+,41-,44+,45-,50-,51-,53+,54-,55-,56-,57+/m1/s1. The number of likely N-dealkylation sites (N-methyl/N-ethyl adjacent to an activating group) is 1. The number of carbonyl (C=O) groups is 2. The monoisotopic (exact) mass is 992 g/mol. The maximum Gasteiger partial charge on any atom is 0.308 e. The Balaban J connectivity index is 1.22. The molecule has 4 aromatic rings. The Hall–Kier alpha value is -4.71. The lowest BCUT2D eigenvalue weighted by atomic mass is 9.79. The van der Waals surface area contributed by atoms with Gasteiger partial charge in [-0.05, 0) is 102 Å². The van der Waals surface area contributed by atoms with Crippen molar-refractivity contribution in [1.29, 1.82) is 0 Å². The molecule has 2 aromatic carbocycles. The molecule has 15 nitrogen and oxygen atoms in total. The van der Waals surface area contributed by atoms with Gasteiger partial charge in [0.15, 0.2) is 12.1 Å². The van der Waals surface area contributed by atoms with Crippen LogP contribution in [0.25, 0.3) is 16.6 Å². The highest BCUT2D eigenvalue weighted by molar-refractivity contribution is 5.91. The zero-order valence-corrected chi connectivity index (χ0v) is 44.0. The van der Waals surface area contributed by atoms with E-state index in [9.17, 15) is 24.9 Å². The Morgan fingerprint density at radius 3 is 2.33 bits per heavy atom. The summed E-state index contributed by atoms with van der Waals surface area (Å²) in [5, 5.41) is 45.4. The number of allylic oxidation sites excluding steroid dienone is 3. The first-order valence-electron chi connectivity index (χ1n) is 26.3. The number of fused-ring (bicyclic) bond motifs is 1. The van der Waals surface area contributed by atoms with Crippen LogP contribution in [0.5, 0.6) is 0 Å². The second-order valence-electron chi connectivity index (χ2n) is 21.7. The van der Waals surface area contributed by atoms with E-state index in [2.05, 4.69) is 57.2 Å². The predicted octanol–water partition coefficient (Wildman–Crippen LogP) is 7.02. The van der Waals surface area contributed by atoms with Crippen LogP contribution in [-0.2, 0) is 36.9 Å². The van der Waals surface area contributed by atoms with Crippen molar-refractivity contribution in [3.63, 3.8) is 0 Å². The van der Waals surface area contributed by atoms with Gasteiger partial charge in [-0.25, -0.2) is 4.68 Å². The highest BCUT2D eigenvalue weighted by atomic mass is 16.7. The van der Waals surface area contributed by atoms with Crippen molar-refractivity contribution in [2.24, 2.45) is 35.5 Å². The number of ketones is 1. The number of hydrogen-bond donors (Lipinski definition) is 3. The van der Waals surface area contributed by atoms with Crippen LogP contribution in [0.1, 0.15) is 91.8 Å². The van der Waals surface area contributed by atoms with Gasteiger partial charge in [-0.3, -0.25) is 19.5 Å². The van der Waals surface area contributed by atoms with Crippen molar-refractivity contribution >= 4 is 22.7 Å².